The summed E-state index contributed by atoms with van der Waals surface area (Å²) in [4.78, 5) is 13.5. The molecule has 0 N–H and O–H groups in total. The minimum Gasteiger partial charge on any atom is -0.303 e. The number of halogens is 1. The van der Waals surface area contributed by atoms with Gasteiger partial charge in [0.25, 0.3) is 0 Å². The third-order valence-corrected chi connectivity index (χ3v) is 4.59. The van der Waals surface area contributed by atoms with Gasteiger partial charge in [-0.15, -0.1) is 11.3 Å². The zero-order valence-electron chi connectivity index (χ0n) is 11.6. The largest absolute Gasteiger partial charge is 0.303 e. The number of thiophene rings is 1. The van der Waals surface area contributed by atoms with E-state index in [0.717, 1.165) is 39.8 Å². The van der Waals surface area contributed by atoms with Crippen LogP contribution in [0.3, 0.4) is 0 Å². The number of hydrogen-bond donors (Lipinski definition) is 0. The van der Waals surface area contributed by atoms with Crippen molar-refractivity contribution in [3.8, 4) is 0 Å². The molecule has 1 saturated carbocycles. The van der Waals surface area contributed by atoms with E-state index >= 15 is 0 Å². The van der Waals surface area contributed by atoms with Crippen molar-refractivity contribution in [2.75, 3.05) is 14.1 Å². The lowest BCUT2D eigenvalue weighted by Gasteiger charge is -2.15. The summed E-state index contributed by atoms with van der Waals surface area (Å²) in [5.74, 6) is 0.158. The molecule has 0 atom stereocenters. The normalized spacial score (nSPS) is 20.2. The van der Waals surface area contributed by atoms with Gasteiger partial charge < -0.3 is 5.01 Å². The highest BCUT2D eigenvalue weighted by molar-refractivity contribution is 9.10. The zero-order chi connectivity index (χ0) is 14.5. The van der Waals surface area contributed by atoms with Crippen molar-refractivity contribution in [2.45, 2.75) is 19.3 Å². The van der Waals surface area contributed by atoms with Gasteiger partial charge in [0.05, 0.1) is 0 Å². The SMILES string of the molecule is CN(C)N=CC=C1CCCC(=Cc2cc(Br)cs2)C1=O. The van der Waals surface area contributed by atoms with Gasteiger partial charge in [-0.1, -0.05) is 0 Å². The summed E-state index contributed by atoms with van der Waals surface area (Å²) in [5.41, 5.74) is 1.75. The molecule has 106 valence electrons. The molecule has 1 aliphatic carbocycles. The van der Waals surface area contributed by atoms with Gasteiger partial charge in [0.1, 0.15) is 0 Å². The fourth-order valence-electron chi connectivity index (χ4n) is 2.03. The van der Waals surface area contributed by atoms with E-state index in [9.17, 15) is 4.79 Å². The van der Waals surface area contributed by atoms with Crippen LogP contribution in [0.15, 0.2) is 38.2 Å². The zero-order valence-corrected chi connectivity index (χ0v) is 14.0. The quantitative estimate of drug-likeness (QED) is 0.465. The van der Waals surface area contributed by atoms with Gasteiger partial charge in [0.2, 0.25) is 0 Å². The first-order valence-electron chi connectivity index (χ1n) is 6.46. The molecule has 0 bridgehead atoms. The number of ketones is 1. The first-order valence-corrected chi connectivity index (χ1v) is 8.13. The molecule has 1 aromatic heterocycles. The molecular formula is C15H17BrN2OS. The Bertz CT molecular complexity index is 584. The molecule has 0 aromatic carbocycles. The summed E-state index contributed by atoms with van der Waals surface area (Å²) in [6, 6.07) is 2.04. The van der Waals surface area contributed by atoms with Gasteiger partial charge in [-0.25, -0.2) is 0 Å². The van der Waals surface area contributed by atoms with E-state index in [1.54, 1.807) is 22.6 Å². The number of carbonyl (C=O) groups excluding carboxylic acids is 1. The van der Waals surface area contributed by atoms with Crippen molar-refractivity contribution >= 4 is 45.3 Å². The second kappa shape index (κ2) is 6.99. The topological polar surface area (TPSA) is 32.7 Å². The van der Waals surface area contributed by atoms with Crippen LogP contribution >= 0.6 is 27.3 Å². The third kappa shape index (κ3) is 4.15. The summed E-state index contributed by atoms with van der Waals surface area (Å²) in [5, 5.41) is 7.86. The average Bonchev–Trinajstić information content (AvgIpc) is 2.79. The van der Waals surface area contributed by atoms with E-state index in [0.29, 0.717) is 0 Å². The van der Waals surface area contributed by atoms with E-state index in [1.165, 1.54) is 0 Å². The summed E-state index contributed by atoms with van der Waals surface area (Å²) >= 11 is 5.07. The standard InChI is InChI=1S/C15H17BrN2OS/c1-18(2)17-7-6-11-4-3-5-12(15(11)19)8-14-9-13(16)10-20-14/h6-10H,3-5H2,1-2H3. The van der Waals surface area contributed by atoms with Gasteiger partial charge >= 0.3 is 0 Å². The van der Waals surface area contributed by atoms with Gasteiger partial charge in [0.15, 0.2) is 5.78 Å². The van der Waals surface area contributed by atoms with E-state index in [1.807, 2.05) is 37.7 Å². The number of carbonyl (C=O) groups is 1. The summed E-state index contributed by atoms with van der Waals surface area (Å²) in [7, 11) is 3.72. The number of allylic oxidation sites excluding steroid dienone is 3. The lowest BCUT2D eigenvalue weighted by molar-refractivity contribution is -0.112. The molecule has 0 saturated heterocycles. The highest BCUT2D eigenvalue weighted by Crippen LogP contribution is 2.28. The molecule has 5 heteroatoms. The van der Waals surface area contributed by atoms with Crippen molar-refractivity contribution in [1.82, 2.24) is 5.01 Å². The van der Waals surface area contributed by atoms with Gasteiger partial charge in [-0.2, -0.15) is 5.10 Å². The van der Waals surface area contributed by atoms with Crippen molar-refractivity contribution in [3.63, 3.8) is 0 Å². The Hall–Kier alpha value is -1.20. The van der Waals surface area contributed by atoms with Crippen molar-refractivity contribution in [3.05, 3.63) is 38.0 Å². The summed E-state index contributed by atoms with van der Waals surface area (Å²) in [6.07, 6.45) is 8.25. The lowest BCUT2D eigenvalue weighted by Crippen LogP contribution is -2.12. The Morgan fingerprint density at radius 1 is 1.35 bits per heavy atom. The van der Waals surface area contributed by atoms with Crippen LogP contribution in [-0.4, -0.2) is 31.1 Å². The van der Waals surface area contributed by atoms with Crippen molar-refractivity contribution in [2.24, 2.45) is 5.10 Å². The second-order valence-corrected chi connectivity index (χ2v) is 6.68. The minimum absolute atomic E-state index is 0.158. The molecule has 0 unspecified atom stereocenters. The van der Waals surface area contributed by atoms with Crippen LogP contribution in [-0.2, 0) is 4.79 Å². The van der Waals surface area contributed by atoms with Crippen LogP contribution in [0.2, 0.25) is 0 Å². The van der Waals surface area contributed by atoms with E-state index in [4.69, 9.17) is 0 Å². The number of Topliss-reactive ketones (excluding diaryl/α,β-unsaturated/α-hetero) is 1. The van der Waals surface area contributed by atoms with Crippen LogP contribution in [0, 0.1) is 0 Å². The number of hydrazone groups is 1. The van der Waals surface area contributed by atoms with Gasteiger partial charge in [-0.05, 0) is 53.4 Å². The molecule has 0 spiro atoms. The smallest absolute Gasteiger partial charge is 0.185 e. The predicted octanol–water partition coefficient (Wildman–Crippen LogP) is 4.12. The van der Waals surface area contributed by atoms with Crippen LogP contribution in [0.5, 0.6) is 0 Å². The van der Waals surface area contributed by atoms with E-state index in [-0.39, 0.29) is 5.78 Å². The van der Waals surface area contributed by atoms with Crippen LogP contribution in [0.25, 0.3) is 6.08 Å². The summed E-state index contributed by atoms with van der Waals surface area (Å²) in [6.45, 7) is 0. The van der Waals surface area contributed by atoms with Crippen LogP contribution in [0.1, 0.15) is 24.1 Å². The fourth-order valence-corrected chi connectivity index (χ4v) is 3.43. The highest BCUT2D eigenvalue weighted by atomic mass is 79.9. The predicted molar refractivity (Wildman–Crippen MR) is 89.1 cm³/mol. The molecule has 0 radical (unpaired) electrons. The lowest BCUT2D eigenvalue weighted by atomic mass is 9.88. The van der Waals surface area contributed by atoms with Gasteiger partial charge in [0, 0.05) is 46.2 Å². The Morgan fingerprint density at radius 3 is 2.75 bits per heavy atom. The van der Waals surface area contributed by atoms with E-state index < -0.39 is 0 Å². The first kappa shape index (κ1) is 15.2. The Morgan fingerprint density at radius 2 is 2.10 bits per heavy atom. The molecule has 1 aromatic rings. The average molecular weight is 353 g/mol. The van der Waals surface area contributed by atoms with Gasteiger partial charge in [-0.3, -0.25) is 4.79 Å². The minimum atomic E-state index is 0.158. The number of hydrogen-bond acceptors (Lipinski definition) is 4. The fraction of sp³-hybridized carbons (Fsp3) is 0.333. The third-order valence-electron chi connectivity index (χ3n) is 2.95. The maximum Gasteiger partial charge on any atom is 0.185 e. The molecule has 0 amide bonds. The molecular weight excluding hydrogens is 336 g/mol. The monoisotopic (exact) mass is 352 g/mol. The highest BCUT2D eigenvalue weighted by Gasteiger charge is 2.20. The first-order chi connectivity index (χ1) is 9.56. The van der Waals surface area contributed by atoms with Crippen LogP contribution in [0.4, 0.5) is 0 Å². The number of rotatable bonds is 3. The summed E-state index contributed by atoms with van der Waals surface area (Å²) < 4.78 is 1.06. The maximum absolute atomic E-state index is 12.4. The Kier molecular flexibility index (Phi) is 5.31. The van der Waals surface area contributed by atoms with Crippen molar-refractivity contribution in [1.29, 1.82) is 0 Å². The maximum atomic E-state index is 12.4. The van der Waals surface area contributed by atoms with Crippen molar-refractivity contribution < 1.29 is 4.79 Å². The Balaban J connectivity index is 2.16. The number of nitrogens with zero attached hydrogens (tertiary/aromatic N) is 2. The molecule has 1 heterocycles. The molecule has 20 heavy (non-hydrogen) atoms. The molecule has 3 nitrogen and oxygen atoms in total. The van der Waals surface area contributed by atoms with E-state index in [2.05, 4.69) is 21.0 Å². The molecule has 2 rings (SSSR count). The molecule has 0 aliphatic heterocycles. The van der Waals surface area contributed by atoms with Crippen LogP contribution < -0.4 is 0 Å². The molecule has 1 aliphatic rings. The second-order valence-electron chi connectivity index (χ2n) is 4.82. The Labute approximate surface area is 131 Å². The molecule has 1 fully saturated rings.